The Kier molecular flexibility index (Phi) is 10.9. The van der Waals surface area contributed by atoms with Crippen molar-refractivity contribution < 1.29 is 12.8 Å². The molecule has 9 heteroatoms. The summed E-state index contributed by atoms with van der Waals surface area (Å²) in [6.45, 7) is 7.75. The SMILES string of the molecule is CCNC(=NCc1cccc(CS(=O)(=O)NC)c1)NCC(C)(C)c1cccc(F)c1.I. The molecule has 172 valence electrons. The Morgan fingerprint density at radius 1 is 1.06 bits per heavy atom. The summed E-state index contributed by atoms with van der Waals surface area (Å²) in [5.41, 5.74) is 2.24. The molecule has 2 aromatic carbocycles. The molecule has 2 aromatic rings. The molecule has 6 nitrogen and oxygen atoms in total. The third kappa shape index (κ3) is 9.12. The Labute approximate surface area is 202 Å². The summed E-state index contributed by atoms with van der Waals surface area (Å²) in [6.07, 6.45) is 0. The lowest BCUT2D eigenvalue weighted by atomic mass is 9.84. The van der Waals surface area contributed by atoms with E-state index in [1.54, 1.807) is 18.2 Å². The van der Waals surface area contributed by atoms with Crippen LogP contribution in [0, 0.1) is 5.82 Å². The van der Waals surface area contributed by atoms with E-state index in [1.165, 1.54) is 13.1 Å². The van der Waals surface area contributed by atoms with Crippen molar-refractivity contribution in [2.45, 2.75) is 38.5 Å². The van der Waals surface area contributed by atoms with Gasteiger partial charge in [-0.05, 0) is 42.8 Å². The van der Waals surface area contributed by atoms with Gasteiger partial charge in [-0.25, -0.2) is 22.5 Å². The van der Waals surface area contributed by atoms with Crippen LogP contribution >= 0.6 is 24.0 Å². The first-order valence-corrected chi connectivity index (χ1v) is 11.6. The molecule has 0 saturated carbocycles. The van der Waals surface area contributed by atoms with Gasteiger partial charge in [0, 0.05) is 18.5 Å². The van der Waals surface area contributed by atoms with E-state index in [2.05, 4.69) is 20.3 Å². The van der Waals surface area contributed by atoms with E-state index in [0.717, 1.165) is 11.1 Å². The molecular formula is C22H32FIN4O2S. The summed E-state index contributed by atoms with van der Waals surface area (Å²) >= 11 is 0. The van der Waals surface area contributed by atoms with Gasteiger partial charge in [-0.15, -0.1) is 24.0 Å². The zero-order valence-corrected chi connectivity index (χ0v) is 21.6. The highest BCUT2D eigenvalue weighted by Gasteiger charge is 2.21. The van der Waals surface area contributed by atoms with Crippen molar-refractivity contribution in [3.63, 3.8) is 0 Å². The maximum atomic E-state index is 13.6. The maximum absolute atomic E-state index is 13.6. The Morgan fingerprint density at radius 2 is 1.74 bits per heavy atom. The van der Waals surface area contributed by atoms with Crippen molar-refractivity contribution in [1.29, 1.82) is 0 Å². The number of nitrogens with zero attached hydrogens (tertiary/aromatic N) is 1. The fraction of sp³-hybridized carbons (Fsp3) is 0.409. The molecule has 0 radical (unpaired) electrons. The topological polar surface area (TPSA) is 82.6 Å². The summed E-state index contributed by atoms with van der Waals surface area (Å²) in [7, 11) is -1.91. The normalized spacial score (nSPS) is 12.2. The van der Waals surface area contributed by atoms with Gasteiger partial charge in [0.2, 0.25) is 10.0 Å². The van der Waals surface area contributed by atoms with Crippen LogP contribution in [0.5, 0.6) is 0 Å². The Hall–Kier alpha value is -1.72. The highest BCUT2D eigenvalue weighted by molar-refractivity contribution is 14.0. The number of hydrogen-bond donors (Lipinski definition) is 3. The molecule has 31 heavy (non-hydrogen) atoms. The van der Waals surface area contributed by atoms with E-state index in [9.17, 15) is 12.8 Å². The van der Waals surface area contributed by atoms with Crippen molar-refractivity contribution in [3.05, 3.63) is 71.0 Å². The predicted molar refractivity (Wildman–Crippen MR) is 136 cm³/mol. The zero-order valence-electron chi connectivity index (χ0n) is 18.4. The van der Waals surface area contributed by atoms with Crippen LogP contribution in [0.25, 0.3) is 0 Å². The van der Waals surface area contributed by atoms with Crippen molar-refractivity contribution in [2.24, 2.45) is 4.99 Å². The van der Waals surface area contributed by atoms with Crippen LogP contribution in [0.2, 0.25) is 0 Å². The van der Waals surface area contributed by atoms with Crippen molar-refractivity contribution in [2.75, 3.05) is 20.1 Å². The lowest BCUT2D eigenvalue weighted by Gasteiger charge is -2.27. The number of halogens is 2. The minimum Gasteiger partial charge on any atom is -0.357 e. The quantitative estimate of drug-likeness (QED) is 0.248. The summed E-state index contributed by atoms with van der Waals surface area (Å²) < 4.78 is 39.4. The van der Waals surface area contributed by atoms with Gasteiger partial charge < -0.3 is 10.6 Å². The van der Waals surface area contributed by atoms with Gasteiger partial charge in [-0.2, -0.15) is 0 Å². The number of benzene rings is 2. The second-order valence-electron chi connectivity index (χ2n) is 7.73. The lowest BCUT2D eigenvalue weighted by Crippen LogP contribution is -2.43. The van der Waals surface area contributed by atoms with E-state index in [4.69, 9.17) is 0 Å². The molecule has 2 rings (SSSR count). The standard InChI is InChI=1S/C22H31FN4O2S.HI/c1-5-25-21(27-16-22(2,3)19-10-7-11-20(23)13-19)26-14-17-8-6-9-18(12-17)15-30(28,29)24-4;/h6-13,24H,5,14-16H2,1-4H3,(H2,25,26,27);1H. The van der Waals surface area contributed by atoms with Crippen molar-refractivity contribution >= 4 is 40.0 Å². The Morgan fingerprint density at radius 3 is 2.39 bits per heavy atom. The number of nitrogens with one attached hydrogen (secondary N) is 3. The van der Waals surface area contributed by atoms with Gasteiger partial charge in [0.05, 0.1) is 12.3 Å². The molecule has 0 atom stereocenters. The number of guanidine groups is 1. The minimum absolute atomic E-state index is 0. The summed E-state index contributed by atoms with van der Waals surface area (Å²) in [5.74, 6) is 0.331. The van der Waals surface area contributed by atoms with Crippen LogP contribution in [0.15, 0.2) is 53.5 Å². The van der Waals surface area contributed by atoms with Crippen LogP contribution in [0.3, 0.4) is 0 Å². The van der Waals surface area contributed by atoms with Crippen LogP contribution in [0.1, 0.15) is 37.5 Å². The predicted octanol–water partition coefficient (Wildman–Crippen LogP) is 3.53. The molecule has 0 aliphatic carbocycles. The van der Waals surface area contributed by atoms with Crippen LogP contribution in [0.4, 0.5) is 4.39 Å². The number of sulfonamides is 1. The van der Waals surface area contributed by atoms with Crippen molar-refractivity contribution in [1.82, 2.24) is 15.4 Å². The monoisotopic (exact) mass is 562 g/mol. The third-order valence-corrected chi connectivity index (χ3v) is 6.06. The first kappa shape index (κ1) is 27.3. The highest BCUT2D eigenvalue weighted by atomic mass is 127. The molecule has 3 N–H and O–H groups in total. The molecule has 0 amide bonds. The second kappa shape index (κ2) is 12.4. The molecule has 0 fully saturated rings. The van der Waals surface area contributed by atoms with Crippen LogP contribution in [-0.4, -0.2) is 34.5 Å². The molecule has 0 aliphatic rings. The largest absolute Gasteiger partial charge is 0.357 e. The van der Waals surface area contributed by atoms with E-state index in [-0.39, 0.29) is 41.0 Å². The summed E-state index contributed by atoms with van der Waals surface area (Å²) in [4.78, 5) is 4.61. The van der Waals surface area contributed by atoms with Crippen molar-refractivity contribution in [3.8, 4) is 0 Å². The van der Waals surface area contributed by atoms with E-state index >= 15 is 0 Å². The molecule has 0 saturated heterocycles. The van der Waals surface area contributed by atoms with Gasteiger partial charge in [-0.1, -0.05) is 50.2 Å². The number of rotatable bonds is 9. The average Bonchev–Trinajstić information content (AvgIpc) is 2.70. The lowest BCUT2D eigenvalue weighted by molar-refractivity contribution is 0.503. The fourth-order valence-electron chi connectivity index (χ4n) is 2.94. The van der Waals surface area contributed by atoms with Crippen LogP contribution in [-0.2, 0) is 27.7 Å². The van der Waals surface area contributed by atoms with Gasteiger partial charge in [0.1, 0.15) is 5.82 Å². The maximum Gasteiger partial charge on any atom is 0.215 e. The molecular weight excluding hydrogens is 530 g/mol. The molecule has 0 unspecified atom stereocenters. The number of hydrogen-bond acceptors (Lipinski definition) is 3. The van der Waals surface area contributed by atoms with Gasteiger partial charge in [-0.3, -0.25) is 0 Å². The third-order valence-electron chi connectivity index (χ3n) is 4.73. The summed E-state index contributed by atoms with van der Waals surface area (Å²) in [6, 6.07) is 14.0. The average molecular weight is 562 g/mol. The summed E-state index contributed by atoms with van der Waals surface area (Å²) in [5, 5.41) is 6.53. The van der Waals surface area contributed by atoms with E-state index in [1.807, 2.05) is 45.0 Å². The smallest absolute Gasteiger partial charge is 0.215 e. The number of aliphatic imine (C=N–C) groups is 1. The highest BCUT2D eigenvalue weighted by Crippen LogP contribution is 2.22. The zero-order chi connectivity index (χ0) is 22.2. The second-order valence-corrected chi connectivity index (χ2v) is 9.65. The molecule has 0 heterocycles. The van der Waals surface area contributed by atoms with Crippen LogP contribution < -0.4 is 15.4 Å². The molecule has 0 bridgehead atoms. The first-order valence-electron chi connectivity index (χ1n) is 9.92. The van der Waals surface area contributed by atoms with E-state index in [0.29, 0.717) is 31.2 Å². The van der Waals surface area contributed by atoms with Gasteiger partial charge in [0.15, 0.2) is 5.96 Å². The van der Waals surface area contributed by atoms with Gasteiger partial charge in [0.25, 0.3) is 0 Å². The fourth-order valence-corrected chi connectivity index (χ4v) is 3.70. The Bertz CT molecular complexity index is 981. The first-order chi connectivity index (χ1) is 14.1. The molecule has 0 aromatic heterocycles. The Balaban J connectivity index is 0.00000480. The molecule has 0 aliphatic heterocycles. The van der Waals surface area contributed by atoms with E-state index < -0.39 is 10.0 Å². The minimum atomic E-state index is -3.32. The molecule has 0 spiro atoms. The van der Waals surface area contributed by atoms with Gasteiger partial charge >= 0.3 is 0 Å².